The molecule has 196 valence electrons. The third-order valence-corrected chi connectivity index (χ3v) is 6.58. The van der Waals surface area contributed by atoms with Crippen LogP contribution in [-0.4, -0.2) is 6.18 Å². The van der Waals surface area contributed by atoms with Gasteiger partial charge < -0.3 is 0 Å². The standard InChI is InChI=1S/C33H29F5/c1-2-3-4-5-6-7-23-8-10-24(11-9-23)12-13-25-14-18-29-26(20-25)17-19-30(32(29)35)27-15-16-28(31(34)21-27)22-33(36,37)38/h8-11,14-21H,2-7,22H2,1H3. The van der Waals surface area contributed by atoms with Gasteiger partial charge in [-0.1, -0.05) is 86.9 Å². The summed E-state index contributed by atoms with van der Waals surface area (Å²) in [6, 6.07) is 19.9. The minimum absolute atomic E-state index is 0.124. The maximum atomic E-state index is 15.3. The zero-order valence-electron chi connectivity index (χ0n) is 21.3. The lowest BCUT2D eigenvalue weighted by molar-refractivity contribution is -0.127. The number of alkyl halides is 3. The first-order chi connectivity index (χ1) is 18.2. The molecule has 0 fully saturated rings. The molecule has 0 saturated heterocycles. The second kappa shape index (κ2) is 12.3. The molecule has 4 aromatic carbocycles. The molecule has 0 aromatic heterocycles. The summed E-state index contributed by atoms with van der Waals surface area (Å²) in [6.07, 6.45) is 1.45. The van der Waals surface area contributed by atoms with Gasteiger partial charge in [0.05, 0.1) is 6.42 Å². The lowest BCUT2D eigenvalue weighted by atomic mass is 9.97. The van der Waals surface area contributed by atoms with E-state index in [1.54, 1.807) is 24.3 Å². The van der Waals surface area contributed by atoms with Gasteiger partial charge in [0, 0.05) is 22.1 Å². The van der Waals surface area contributed by atoms with Gasteiger partial charge in [0.2, 0.25) is 0 Å². The van der Waals surface area contributed by atoms with E-state index in [1.807, 2.05) is 12.1 Å². The van der Waals surface area contributed by atoms with Gasteiger partial charge in [-0.15, -0.1) is 0 Å². The fraction of sp³-hybridized carbons (Fsp3) is 0.273. The molecule has 0 radical (unpaired) electrons. The minimum atomic E-state index is -4.52. The molecular formula is C33H29F5. The van der Waals surface area contributed by atoms with E-state index < -0.39 is 29.8 Å². The van der Waals surface area contributed by atoms with Crippen molar-refractivity contribution in [2.24, 2.45) is 0 Å². The first-order valence-electron chi connectivity index (χ1n) is 12.9. The summed E-state index contributed by atoms with van der Waals surface area (Å²) in [7, 11) is 0. The predicted molar refractivity (Wildman–Crippen MR) is 144 cm³/mol. The van der Waals surface area contributed by atoms with Crippen LogP contribution in [0.25, 0.3) is 21.9 Å². The highest BCUT2D eigenvalue weighted by Crippen LogP contribution is 2.32. The van der Waals surface area contributed by atoms with Crippen LogP contribution in [0.3, 0.4) is 0 Å². The fourth-order valence-corrected chi connectivity index (χ4v) is 4.50. The fourth-order valence-electron chi connectivity index (χ4n) is 4.50. The lowest BCUT2D eigenvalue weighted by Gasteiger charge is -2.11. The quantitative estimate of drug-likeness (QED) is 0.123. The largest absolute Gasteiger partial charge is 0.393 e. The molecule has 0 spiro atoms. The third kappa shape index (κ3) is 7.22. The van der Waals surface area contributed by atoms with E-state index in [2.05, 4.69) is 30.9 Å². The van der Waals surface area contributed by atoms with Crippen LogP contribution in [0.5, 0.6) is 0 Å². The SMILES string of the molecule is CCCCCCCc1ccc(C#Cc2ccc3c(F)c(-c4ccc(CC(F)(F)F)c(F)c4)ccc3c2)cc1. The molecule has 0 saturated carbocycles. The van der Waals surface area contributed by atoms with Gasteiger partial charge in [0.25, 0.3) is 0 Å². The Hall–Kier alpha value is -3.65. The van der Waals surface area contributed by atoms with E-state index in [0.29, 0.717) is 10.8 Å². The van der Waals surface area contributed by atoms with E-state index in [1.165, 1.54) is 49.8 Å². The van der Waals surface area contributed by atoms with Crippen molar-refractivity contribution in [2.45, 2.75) is 58.0 Å². The van der Waals surface area contributed by atoms with Crippen molar-refractivity contribution < 1.29 is 22.0 Å². The van der Waals surface area contributed by atoms with E-state index in [0.717, 1.165) is 29.7 Å². The molecule has 4 rings (SSSR count). The summed E-state index contributed by atoms with van der Waals surface area (Å²) >= 11 is 0. The number of halogens is 5. The van der Waals surface area contributed by atoms with Crippen molar-refractivity contribution in [2.75, 3.05) is 0 Å². The molecule has 0 nitrogen and oxygen atoms in total. The Morgan fingerprint density at radius 1 is 0.711 bits per heavy atom. The van der Waals surface area contributed by atoms with Gasteiger partial charge in [-0.25, -0.2) is 8.78 Å². The highest BCUT2D eigenvalue weighted by atomic mass is 19.4. The van der Waals surface area contributed by atoms with Crippen molar-refractivity contribution in [1.29, 1.82) is 0 Å². The summed E-state index contributed by atoms with van der Waals surface area (Å²) < 4.78 is 67.4. The van der Waals surface area contributed by atoms with Crippen LogP contribution in [0.1, 0.15) is 61.3 Å². The smallest absolute Gasteiger partial charge is 0.207 e. The molecule has 0 aliphatic rings. The molecule has 38 heavy (non-hydrogen) atoms. The second-order valence-corrected chi connectivity index (χ2v) is 9.57. The average Bonchev–Trinajstić information content (AvgIpc) is 2.89. The van der Waals surface area contributed by atoms with E-state index in [9.17, 15) is 17.6 Å². The first-order valence-corrected chi connectivity index (χ1v) is 12.9. The highest BCUT2D eigenvalue weighted by Gasteiger charge is 2.29. The first kappa shape index (κ1) is 27.4. The molecule has 0 heterocycles. The molecule has 0 unspecified atom stereocenters. The van der Waals surface area contributed by atoms with Gasteiger partial charge in [-0.3, -0.25) is 0 Å². The van der Waals surface area contributed by atoms with Crippen molar-refractivity contribution in [3.8, 4) is 23.0 Å². The number of unbranched alkanes of at least 4 members (excludes halogenated alkanes) is 4. The van der Waals surface area contributed by atoms with Crippen LogP contribution >= 0.6 is 0 Å². The van der Waals surface area contributed by atoms with Crippen LogP contribution in [0.2, 0.25) is 0 Å². The molecule has 0 atom stereocenters. The molecule has 0 aliphatic carbocycles. The topological polar surface area (TPSA) is 0 Å². The Kier molecular flexibility index (Phi) is 8.84. The van der Waals surface area contributed by atoms with Crippen LogP contribution in [0.15, 0.2) is 72.8 Å². The Morgan fingerprint density at radius 3 is 2.13 bits per heavy atom. The summed E-state index contributed by atoms with van der Waals surface area (Å²) in [5.74, 6) is 4.70. The minimum Gasteiger partial charge on any atom is -0.207 e. The molecule has 0 N–H and O–H groups in total. The number of aryl methyl sites for hydroxylation is 1. The third-order valence-electron chi connectivity index (χ3n) is 6.58. The second-order valence-electron chi connectivity index (χ2n) is 9.57. The number of benzene rings is 4. The zero-order chi connectivity index (χ0) is 27.1. The van der Waals surface area contributed by atoms with Crippen molar-refractivity contribution in [3.63, 3.8) is 0 Å². The number of hydrogen-bond acceptors (Lipinski definition) is 0. The van der Waals surface area contributed by atoms with E-state index >= 15 is 4.39 Å². The number of hydrogen-bond donors (Lipinski definition) is 0. The molecule has 5 heteroatoms. The average molecular weight is 521 g/mol. The normalized spacial score (nSPS) is 11.4. The van der Waals surface area contributed by atoms with Crippen molar-refractivity contribution in [3.05, 3.63) is 107 Å². The van der Waals surface area contributed by atoms with Gasteiger partial charge in [-0.05, 0) is 65.3 Å². The van der Waals surface area contributed by atoms with Crippen molar-refractivity contribution in [1.82, 2.24) is 0 Å². The van der Waals surface area contributed by atoms with Gasteiger partial charge in [-0.2, -0.15) is 13.2 Å². The summed E-state index contributed by atoms with van der Waals surface area (Å²) in [5, 5.41) is 0.960. The zero-order valence-corrected chi connectivity index (χ0v) is 21.3. The van der Waals surface area contributed by atoms with Crippen LogP contribution < -0.4 is 0 Å². The summed E-state index contributed by atoms with van der Waals surface area (Å²) in [6.45, 7) is 2.21. The van der Waals surface area contributed by atoms with Crippen LogP contribution in [-0.2, 0) is 12.8 Å². The van der Waals surface area contributed by atoms with Crippen LogP contribution in [0, 0.1) is 23.5 Å². The van der Waals surface area contributed by atoms with Gasteiger partial charge in [0.15, 0.2) is 0 Å². The van der Waals surface area contributed by atoms with Gasteiger partial charge >= 0.3 is 6.18 Å². The maximum Gasteiger partial charge on any atom is 0.393 e. The Morgan fingerprint density at radius 2 is 1.42 bits per heavy atom. The monoisotopic (exact) mass is 520 g/mol. The van der Waals surface area contributed by atoms with E-state index in [-0.39, 0.29) is 11.1 Å². The summed E-state index contributed by atoms with van der Waals surface area (Å²) in [4.78, 5) is 0. The molecule has 0 aliphatic heterocycles. The summed E-state index contributed by atoms with van der Waals surface area (Å²) in [5.41, 5.74) is 2.77. The Balaban J connectivity index is 1.48. The highest BCUT2D eigenvalue weighted by molar-refractivity contribution is 5.89. The van der Waals surface area contributed by atoms with E-state index in [4.69, 9.17) is 0 Å². The Labute approximate surface area is 220 Å². The molecule has 4 aromatic rings. The number of fused-ring (bicyclic) bond motifs is 1. The maximum absolute atomic E-state index is 15.3. The molecule has 0 amide bonds. The number of rotatable bonds is 8. The van der Waals surface area contributed by atoms with Crippen LogP contribution in [0.4, 0.5) is 22.0 Å². The lowest BCUT2D eigenvalue weighted by Crippen LogP contribution is -2.12. The van der Waals surface area contributed by atoms with Crippen molar-refractivity contribution >= 4 is 10.8 Å². The predicted octanol–water partition coefficient (Wildman–Crippen LogP) is 9.80. The molecular weight excluding hydrogens is 491 g/mol. The Bertz CT molecular complexity index is 1450. The van der Waals surface area contributed by atoms with Gasteiger partial charge in [0.1, 0.15) is 11.6 Å². The molecule has 0 bridgehead atoms.